The second-order valence-corrected chi connectivity index (χ2v) is 12.9. The van der Waals surface area contributed by atoms with E-state index in [9.17, 15) is 37.3 Å². The number of nitrogens with one attached hydrogen (secondary N) is 2. The van der Waals surface area contributed by atoms with E-state index in [0.717, 1.165) is 11.3 Å². The zero-order chi connectivity index (χ0) is 31.6. The van der Waals surface area contributed by atoms with E-state index in [4.69, 9.17) is 10.6 Å². The molecule has 0 aliphatic carbocycles. The van der Waals surface area contributed by atoms with Crippen LogP contribution < -0.4 is 16.4 Å². The van der Waals surface area contributed by atoms with Gasteiger partial charge in [0.05, 0.1) is 46.5 Å². The number of aromatic nitrogens is 4. The Morgan fingerprint density at radius 1 is 1.29 bits per heavy atom. The number of β-lactam (4-membered cyclic amide) rings is 1. The van der Waals surface area contributed by atoms with Gasteiger partial charge < -0.3 is 30.8 Å². The van der Waals surface area contributed by atoms with Crippen LogP contribution in [0.3, 0.4) is 0 Å². The quantitative estimate of drug-likeness (QED) is 0.0501. The molecule has 1 aliphatic rings. The van der Waals surface area contributed by atoms with Gasteiger partial charge in [-0.1, -0.05) is 10.4 Å². The van der Waals surface area contributed by atoms with Crippen LogP contribution in [0.5, 0.6) is 0 Å². The predicted octanol–water partition coefficient (Wildman–Crippen LogP) is -2.58. The maximum atomic E-state index is 13.2. The average molecular weight is 632 g/mol. The summed E-state index contributed by atoms with van der Waals surface area (Å²) in [5.41, 5.74) is 3.48. The van der Waals surface area contributed by atoms with E-state index >= 15 is 0 Å². The first-order valence-corrected chi connectivity index (χ1v) is 14.3. The zero-order valence-corrected chi connectivity index (χ0v) is 24.8. The van der Waals surface area contributed by atoms with Crippen molar-refractivity contribution in [3.05, 3.63) is 23.0 Å². The molecule has 2 atom stereocenters. The highest BCUT2D eigenvalue weighted by Crippen LogP contribution is 2.25. The lowest BCUT2D eigenvalue weighted by Gasteiger charge is -2.43. The number of likely N-dealkylation sites (N-methyl/N-ethyl adjacent to an activating group) is 1. The van der Waals surface area contributed by atoms with Crippen molar-refractivity contribution in [2.45, 2.75) is 44.6 Å². The zero-order valence-electron chi connectivity index (χ0n) is 23.2. The first kappa shape index (κ1) is 32.3. The van der Waals surface area contributed by atoms with Crippen molar-refractivity contribution in [3.63, 3.8) is 0 Å². The molecule has 3 rings (SSSR count). The number of oxime groups is 1. The van der Waals surface area contributed by atoms with Crippen LogP contribution in [0.2, 0.25) is 0 Å². The maximum absolute atomic E-state index is 13.2. The number of carboxylic acids is 1. The van der Waals surface area contributed by atoms with Crippen molar-refractivity contribution in [2.75, 3.05) is 33.4 Å². The summed E-state index contributed by atoms with van der Waals surface area (Å²) >= 11 is 0.946. The average Bonchev–Trinajstić information content (AvgIpc) is 3.47. The highest BCUT2D eigenvalue weighted by molar-refractivity contribution is 7.84. The second kappa shape index (κ2) is 12.0. The molecule has 6 N–H and O–H groups in total. The van der Waals surface area contributed by atoms with Crippen LogP contribution in [-0.4, -0.2) is 122 Å². The lowest BCUT2D eigenvalue weighted by Crippen LogP contribution is -2.73. The normalized spacial score (nSPS) is 17.9. The monoisotopic (exact) mass is 631 g/mol. The molecule has 21 heteroatoms. The number of nitrogens with two attached hydrogens (primary N) is 1. The van der Waals surface area contributed by atoms with Crippen molar-refractivity contribution in [2.24, 2.45) is 5.16 Å². The molecule has 0 radical (unpaired) electrons. The Kier molecular flexibility index (Phi) is 9.19. The number of carbonyl (C=O) groups is 4. The van der Waals surface area contributed by atoms with Crippen LogP contribution in [0.4, 0.5) is 5.13 Å². The Labute approximate surface area is 243 Å². The molecule has 1 aliphatic heterocycles. The van der Waals surface area contributed by atoms with Crippen LogP contribution in [0.15, 0.2) is 16.7 Å². The van der Waals surface area contributed by atoms with Crippen LogP contribution in [-0.2, 0) is 47.4 Å². The molecule has 2 aromatic heterocycles. The van der Waals surface area contributed by atoms with E-state index < -0.39 is 51.5 Å². The van der Waals surface area contributed by atoms with E-state index in [1.165, 1.54) is 30.1 Å². The molecule has 2 unspecified atom stereocenters. The summed E-state index contributed by atoms with van der Waals surface area (Å²) in [5, 5.41) is 27.1. The summed E-state index contributed by atoms with van der Waals surface area (Å²) < 4.78 is 35.2. The Morgan fingerprint density at radius 3 is 2.50 bits per heavy atom. The number of nitrogens with zero attached hydrogens (tertiary/aromatic N) is 7. The van der Waals surface area contributed by atoms with Crippen molar-refractivity contribution in [1.82, 2.24) is 34.9 Å². The first-order chi connectivity index (χ1) is 19.3. The van der Waals surface area contributed by atoms with Gasteiger partial charge in [-0.2, -0.15) is 8.42 Å². The van der Waals surface area contributed by atoms with Gasteiger partial charge >= 0.3 is 16.3 Å². The number of hydrogen-bond donors (Lipinski definition) is 5. The molecule has 1 saturated heterocycles. The molecule has 2 aromatic rings. The highest BCUT2D eigenvalue weighted by atomic mass is 32.2. The SMILES string of the molecule is CC(C)(ON=C(C(=O)NC1C(=O)N(S(=O)(=O)O)C1Cn1cc(CNC(=O)C[N+](C)(C)C)nn1)c1csc(N)n1)C(=O)O. The number of quaternary nitrogens is 1. The first-order valence-electron chi connectivity index (χ1n) is 12.1. The van der Waals surface area contributed by atoms with Crippen molar-refractivity contribution >= 4 is 56.2 Å². The largest absolute Gasteiger partial charge is 0.478 e. The number of carboxylic acid groups (broad SMARTS) is 1. The third kappa shape index (κ3) is 7.96. The Bertz CT molecular complexity index is 1510. The van der Waals surface area contributed by atoms with Crippen LogP contribution in [0.25, 0.3) is 0 Å². The summed E-state index contributed by atoms with van der Waals surface area (Å²) in [6, 6.07) is -2.85. The minimum Gasteiger partial charge on any atom is -0.478 e. The molecular formula is C21H31N10O9S2+. The smallest absolute Gasteiger partial charge is 0.362 e. The van der Waals surface area contributed by atoms with Crippen molar-refractivity contribution < 1.29 is 46.6 Å². The minimum atomic E-state index is -5.03. The highest BCUT2D eigenvalue weighted by Gasteiger charge is 2.54. The summed E-state index contributed by atoms with van der Waals surface area (Å²) in [6.07, 6.45) is 1.39. The fraction of sp³-hybridized carbons (Fsp3) is 0.524. The lowest BCUT2D eigenvalue weighted by molar-refractivity contribution is -0.862. The number of amides is 3. The topological polar surface area (TPSA) is 261 Å². The Morgan fingerprint density at radius 2 is 1.95 bits per heavy atom. The predicted molar refractivity (Wildman–Crippen MR) is 145 cm³/mol. The van der Waals surface area contributed by atoms with E-state index in [2.05, 4.69) is 31.1 Å². The Balaban J connectivity index is 1.80. The fourth-order valence-electron chi connectivity index (χ4n) is 3.53. The summed E-state index contributed by atoms with van der Waals surface area (Å²) in [6.45, 7) is 2.26. The van der Waals surface area contributed by atoms with Crippen LogP contribution in [0, 0.1) is 0 Å². The molecule has 0 aromatic carbocycles. The fourth-order valence-corrected chi connectivity index (χ4v) is 4.95. The third-order valence-corrected chi connectivity index (χ3v) is 7.23. The number of anilines is 1. The van der Waals surface area contributed by atoms with Crippen molar-refractivity contribution in [1.29, 1.82) is 0 Å². The molecule has 0 bridgehead atoms. The summed E-state index contributed by atoms with van der Waals surface area (Å²) in [7, 11) is 0.504. The maximum Gasteiger partial charge on any atom is 0.362 e. The number of aliphatic carboxylic acids is 1. The molecule has 42 heavy (non-hydrogen) atoms. The molecule has 1 fully saturated rings. The molecule has 0 spiro atoms. The summed E-state index contributed by atoms with van der Waals surface area (Å²) in [5.74, 6) is -3.86. The van der Waals surface area contributed by atoms with Gasteiger partial charge in [0.15, 0.2) is 17.4 Å². The Hall–Kier alpha value is -4.21. The molecule has 230 valence electrons. The molecule has 19 nitrogen and oxygen atoms in total. The van der Waals surface area contributed by atoms with E-state index in [1.54, 1.807) is 0 Å². The minimum absolute atomic E-state index is 0.0217. The van der Waals surface area contributed by atoms with Gasteiger partial charge in [-0.3, -0.25) is 18.9 Å². The molecular weight excluding hydrogens is 600 g/mol. The number of carbonyl (C=O) groups excluding carboxylic acids is 3. The number of nitrogen functional groups attached to an aromatic ring is 1. The number of thiazole rings is 1. The van der Waals surface area contributed by atoms with Gasteiger partial charge in [-0.15, -0.1) is 16.4 Å². The van der Waals surface area contributed by atoms with Gasteiger partial charge in [0.2, 0.25) is 5.60 Å². The van der Waals surface area contributed by atoms with Crippen LogP contribution in [0.1, 0.15) is 25.2 Å². The second-order valence-electron chi connectivity index (χ2n) is 10.7. The third-order valence-electron chi connectivity index (χ3n) is 5.61. The standard InChI is InChI=1S/C21H30N10O9S2/c1-21(2,19(35)36)40-27-15(12-10-41-20(22)24-12)17(33)25-16-13(30(18(16)34)42(37,38)39)8-29-7-11(26-28-29)6-23-14(32)9-31(3,4)5/h7,10,13,16H,6,8-9H2,1-5H3,(H5-,22,23,24,25,32,33,35,36,37,38,39)/p+1. The van der Waals surface area contributed by atoms with Gasteiger partial charge in [0.25, 0.3) is 17.7 Å². The van der Waals surface area contributed by atoms with Gasteiger partial charge in [0.1, 0.15) is 17.4 Å². The van der Waals surface area contributed by atoms with Crippen LogP contribution >= 0.6 is 11.3 Å². The number of rotatable bonds is 13. The molecule has 3 amide bonds. The van der Waals surface area contributed by atoms with Gasteiger partial charge in [-0.25, -0.2) is 18.8 Å². The molecule has 0 saturated carbocycles. The lowest BCUT2D eigenvalue weighted by atomic mass is 9.98. The van der Waals surface area contributed by atoms with Gasteiger partial charge in [-0.05, 0) is 13.8 Å². The van der Waals surface area contributed by atoms with Crippen molar-refractivity contribution in [3.8, 4) is 0 Å². The van der Waals surface area contributed by atoms with E-state index in [-0.39, 0.29) is 40.7 Å². The number of hydrogen-bond acceptors (Lipinski definition) is 13. The molecule has 3 heterocycles. The van der Waals surface area contributed by atoms with Gasteiger partial charge in [0, 0.05) is 5.38 Å². The van der Waals surface area contributed by atoms with E-state index in [1.807, 2.05) is 21.1 Å². The summed E-state index contributed by atoms with van der Waals surface area (Å²) in [4.78, 5) is 58.3. The van der Waals surface area contributed by atoms with E-state index in [0.29, 0.717) is 10.2 Å².